The molecular formula is C22H17F7N4O3. The monoisotopic (exact) mass is 518 g/mol. The summed E-state index contributed by atoms with van der Waals surface area (Å²) in [6.07, 6.45) is -7.66. The highest BCUT2D eigenvalue weighted by molar-refractivity contribution is 6.06. The molecule has 36 heavy (non-hydrogen) atoms. The van der Waals surface area contributed by atoms with Crippen molar-refractivity contribution >= 4 is 11.6 Å². The molecule has 4 rings (SSSR count). The van der Waals surface area contributed by atoms with E-state index in [0.717, 1.165) is 30.7 Å². The zero-order chi connectivity index (χ0) is 26.3. The summed E-state index contributed by atoms with van der Waals surface area (Å²) in [6, 6.07) is 4.75. The summed E-state index contributed by atoms with van der Waals surface area (Å²) in [5.74, 6) is -2.78. The smallest absolute Gasteiger partial charge is 0.422 e. The lowest BCUT2D eigenvalue weighted by Crippen LogP contribution is -2.27. The number of nitrogens with zero attached hydrogens (tertiary/aromatic N) is 3. The lowest BCUT2D eigenvalue weighted by atomic mass is 10.1. The Kier molecular flexibility index (Phi) is 6.54. The fourth-order valence-electron chi connectivity index (χ4n) is 3.69. The number of hydrogen-bond donors (Lipinski definition) is 1. The van der Waals surface area contributed by atoms with Gasteiger partial charge in [-0.25, -0.2) is 9.18 Å². The molecule has 0 fully saturated rings. The SMILES string of the molecule is O=C(Nc1cccc(C(F)(F)F)c1)c1cc(F)c(-n2nc3n(c2=O)CCCC3)cc1OCC(F)(F)F. The number of alkyl halides is 6. The summed E-state index contributed by atoms with van der Waals surface area (Å²) < 4.78 is 99.1. The number of carbonyl (C=O) groups excluding carboxylic acids is 1. The highest BCUT2D eigenvalue weighted by Crippen LogP contribution is 2.32. The van der Waals surface area contributed by atoms with E-state index >= 15 is 4.39 Å². The minimum absolute atomic E-state index is 0.334. The summed E-state index contributed by atoms with van der Waals surface area (Å²) in [5.41, 5.74) is -3.41. The van der Waals surface area contributed by atoms with E-state index in [0.29, 0.717) is 42.0 Å². The number of aryl methyl sites for hydroxylation is 1. The zero-order valence-corrected chi connectivity index (χ0v) is 18.2. The number of ether oxygens (including phenoxy) is 1. The van der Waals surface area contributed by atoms with Crippen LogP contribution in [0.5, 0.6) is 5.75 Å². The van der Waals surface area contributed by atoms with Crippen molar-refractivity contribution in [3.05, 3.63) is 69.7 Å². The molecule has 0 unspecified atom stereocenters. The molecular weight excluding hydrogens is 501 g/mol. The minimum Gasteiger partial charge on any atom is -0.483 e. The minimum atomic E-state index is -4.83. The maximum atomic E-state index is 15.0. The van der Waals surface area contributed by atoms with E-state index in [1.165, 1.54) is 4.57 Å². The van der Waals surface area contributed by atoms with Crippen LogP contribution in [0.4, 0.5) is 36.4 Å². The molecule has 0 radical (unpaired) electrons. The molecule has 1 aliphatic rings. The van der Waals surface area contributed by atoms with Crippen LogP contribution in [0.25, 0.3) is 5.69 Å². The quantitative estimate of drug-likeness (QED) is 0.496. The standard InChI is InChI=1S/C22H17F7N4O3/c23-15-9-14(19(34)30-13-5-3-4-12(8-13)22(27,28)29)17(36-11-21(24,25)26)10-16(15)33-20(35)32-7-2-1-6-18(32)31-33/h3-5,8-10H,1-2,6-7,11H2,(H,30,34). The van der Waals surface area contributed by atoms with Gasteiger partial charge in [0, 0.05) is 24.7 Å². The maximum Gasteiger partial charge on any atom is 0.422 e. The Balaban J connectivity index is 1.73. The largest absolute Gasteiger partial charge is 0.483 e. The number of rotatable bonds is 5. The lowest BCUT2D eigenvalue weighted by Gasteiger charge is -2.15. The van der Waals surface area contributed by atoms with E-state index in [9.17, 15) is 35.9 Å². The van der Waals surface area contributed by atoms with Gasteiger partial charge in [0.05, 0.1) is 11.1 Å². The highest BCUT2D eigenvalue weighted by Gasteiger charge is 2.32. The zero-order valence-electron chi connectivity index (χ0n) is 18.2. The first-order chi connectivity index (χ1) is 16.8. The second-order valence-electron chi connectivity index (χ2n) is 7.96. The van der Waals surface area contributed by atoms with Crippen LogP contribution in [0.1, 0.15) is 34.6 Å². The Morgan fingerprint density at radius 2 is 1.83 bits per heavy atom. The van der Waals surface area contributed by atoms with Crippen LogP contribution >= 0.6 is 0 Å². The normalized spacial score (nSPS) is 13.9. The first-order valence-electron chi connectivity index (χ1n) is 10.5. The predicted octanol–water partition coefficient (Wildman–Crippen LogP) is 4.72. The lowest BCUT2D eigenvalue weighted by molar-refractivity contribution is -0.153. The van der Waals surface area contributed by atoms with Crippen molar-refractivity contribution < 1.29 is 40.3 Å². The van der Waals surface area contributed by atoms with Gasteiger partial charge in [-0.1, -0.05) is 6.07 Å². The van der Waals surface area contributed by atoms with Gasteiger partial charge in [0.2, 0.25) is 0 Å². The van der Waals surface area contributed by atoms with Crippen molar-refractivity contribution in [1.82, 2.24) is 14.3 Å². The molecule has 1 aromatic heterocycles. The molecule has 1 aliphatic heterocycles. The number of halogens is 7. The molecule has 2 aromatic carbocycles. The van der Waals surface area contributed by atoms with Gasteiger partial charge in [0.25, 0.3) is 5.91 Å². The van der Waals surface area contributed by atoms with E-state index < -0.39 is 58.9 Å². The number of hydrogen-bond acceptors (Lipinski definition) is 4. The summed E-state index contributed by atoms with van der Waals surface area (Å²) in [7, 11) is 0. The van der Waals surface area contributed by atoms with Crippen LogP contribution in [-0.2, 0) is 19.1 Å². The van der Waals surface area contributed by atoms with Crippen molar-refractivity contribution in [1.29, 1.82) is 0 Å². The number of anilines is 1. The third-order valence-corrected chi connectivity index (χ3v) is 5.33. The summed E-state index contributed by atoms with van der Waals surface area (Å²) >= 11 is 0. The van der Waals surface area contributed by atoms with Gasteiger partial charge in [-0.05, 0) is 37.1 Å². The van der Waals surface area contributed by atoms with Crippen LogP contribution in [0, 0.1) is 5.82 Å². The van der Waals surface area contributed by atoms with E-state index in [-0.39, 0.29) is 5.69 Å². The van der Waals surface area contributed by atoms with E-state index in [2.05, 4.69) is 10.4 Å². The Bertz CT molecular complexity index is 1360. The second kappa shape index (κ2) is 9.32. The van der Waals surface area contributed by atoms with E-state index in [1.54, 1.807) is 0 Å². The van der Waals surface area contributed by atoms with Crippen LogP contribution in [0.3, 0.4) is 0 Å². The third kappa shape index (κ3) is 5.36. The van der Waals surface area contributed by atoms with Crippen molar-refractivity contribution in [2.45, 2.75) is 38.2 Å². The number of fused-ring (bicyclic) bond motifs is 1. The summed E-state index contributed by atoms with van der Waals surface area (Å²) in [4.78, 5) is 25.4. The van der Waals surface area contributed by atoms with E-state index in [4.69, 9.17) is 4.74 Å². The van der Waals surface area contributed by atoms with Gasteiger partial charge >= 0.3 is 18.0 Å². The fourth-order valence-corrected chi connectivity index (χ4v) is 3.69. The first-order valence-corrected chi connectivity index (χ1v) is 10.5. The van der Waals surface area contributed by atoms with Gasteiger partial charge in [0.1, 0.15) is 23.1 Å². The molecule has 0 atom stereocenters. The molecule has 0 saturated heterocycles. The molecule has 7 nitrogen and oxygen atoms in total. The van der Waals surface area contributed by atoms with Crippen molar-refractivity contribution in [2.24, 2.45) is 0 Å². The molecule has 0 saturated carbocycles. The number of amides is 1. The molecule has 0 aliphatic carbocycles. The average Bonchev–Trinajstić information content (AvgIpc) is 3.13. The Hall–Kier alpha value is -3.84. The van der Waals surface area contributed by atoms with E-state index in [1.807, 2.05) is 0 Å². The maximum absolute atomic E-state index is 15.0. The number of benzene rings is 2. The average molecular weight is 518 g/mol. The van der Waals surface area contributed by atoms with Crippen LogP contribution in [0.2, 0.25) is 0 Å². The molecule has 2 heterocycles. The van der Waals surface area contributed by atoms with Crippen LogP contribution < -0.4 is 15.7 Å². The topological polar surface area (TPSA) is 78.2 Å². The van der Waals surface area contributed by atoms with Gasteiger partial charge in [-0.2, -0.15) is 31.0 Å². The van der Waals surface area contributed by atoms with Crippen molar-refractivity contribution in [3.63, 3.8) is 0 Å². The molecule has 0 spiro atoms. The van der Waals surface area contributed by atoms with Crippen LogP contribution in [0.15, 0.2) is 41.2 Å². The van der Waals surface area contributed by atoms with Crippen LogP contribution in [-0.4, -0.2) is 33.0 Å². The van der Waals surface area contributed by atoms with Crippen molar-refractivity contribution in [3.8, 4) is 11.4 Å². The molecule has 192 valence electrons. The predicted molar refractivity (Wildman–Crippen MR) is 112 cm³/mol. The van der Waals surface area contributed by atoms with Gasteiger partial charge in [-0.15, -0.1) is 5.10 Å². The molecule has 1 amide bonds. The third-order valence-electron chi connectivity index (χ3n) is 5.33. The van der Waals surface area contributed by atoms with Gasteiger partial charge in [0.15, 0.2) is 6.61 Å². The first kappa shape index (κ1) is 25.3. The Labute approximate surface area is 198 Å². The Morgan fingerprint density at radius 3 is 2.50 bits per heavy atom. The number of nitrogens with one attached hydrogen (secondary N) is 1. The molecule has 1 N–H and O–H groups in total. The number of aromatic nitrogens is 3. The summed E-state index contributed by atoms with van der Waals surface area (Å²) in [5, 5.41) is 6.14. The molecule has 0 bridgehead atoms. The highest BCUT2D eigenvalue weighted by atomic mass is 19.4. The molecule has 14 heteroatoms. The molecule has 3 aromatic rings. The van der Waals surface area contributed by atoms with Gasteiger partial charge < -0.3 is 10.1 Å². The van der Waals surface area contributed by atoms with Gasteiger partial charge in [-0.3, -0.25) is 9.36 Å². The second-order valence-corrected chi connectivity index (χ2v) is 7.96. The van der Waals surface area contributed by atoms with Crippen molar-refractivity contribution in [2.75, 3.05) is 11.9 Å². The number of carbonyl (C=O) groups is 1. The Morgan fingerprint density at radius 1 is 1.08 bits per heavy atom. The fraction of sp³-hybridized carbons (Fsp3) is 0.318. The summed E-state index contributed by atoms with van der Waals surface area (Å²) in [6.45, 7) is -1.51.